The van der Waals surface area contributed by atoms with Gasteiger partial charge >= 0.3 is 0 Å². The molecule has 1 aromatic carbocycles. The van der Waals surface area contributed by atoms with E-state index in [4.69, 9.17) is 4.74 Å². The number of hydrogen-bond donors (Lipinski definition) is 2. The maximum atomic E-state index is 12.7. The van der Waals surface area contributed by atoms with Gasteiger partial charge in [-0.05, 0) is 43.9 Å². The van der Waals surface area contributed by atoms with E-state index in [2.05, 4.69) is 0 Å². The summed E-state index contributed by atoms with van der Waals surface area (Å²) in [5, 5.41) is 20.4. The van der Waals surface area contributed by atoms with Gasteiger partial charge in [0.25, 0.3) is 5.91 Å². The van der Waals surface area contributed by atoms with Gasteiger partial charge in [-0.3, -0.25) is 4.79 Å². The van der Waals surface area contributed by atoms with Crippen LogP contribution in [-0.2, 0) is 11.2 Å². The summed E-state index contributed by atoms with van der Waals surface area (Å²) in [6.45, 7) is 5.82. The molecule has 24 heavy (non-hydrogen) atoms. The molecule has 0 unspecified atom stereocenters. The molecular formula is C19H27NO4. The number of ether oxygens (including phenoxy) is 1. The second-order valence-electron chi connectivity index (χ2n) is 6.93. The molecule has 2 aliphatic rings. The minimum Gasteiger partial charge on any atom is -0.507 e. The lowest BCUT2D eigenvalue weighted by atomic mass is 9.58. The van der Waals surface area contributed by atoms with Gasteiger partial charge in [0.05, 0.1) is 17.8 Å². The number of aliphatic hydroxyl groups is 1. The van der Waals surface area contributed by atoms with E-state index in [9.17, 15) is 15.0 Å². The summed E-state index contributed by atoms with van der Waals surface area (Å²) in [4.78, 5) is 14.5. The van der Waals surface area contributed by atoms with Gasteiger partial charge in [-0.25, -0.2) is 0 Å². The molecule has 0 bridgehead atoms. The van der Waals surface area contributed by atoms with E-state index in [0.717, 1.165) is 24.8 Å². The zero-order chi connectivity index (χ0) is 17.3. The summed E-state index contributed by atoms with van der Waals surface area (Å²) >= 11 is 0. The number of hydrogen-bond acceptors (Lipinski definition) is 4. The number of amides is 1. The predicted octanol–water partition coefficient (Wildman–Crippen LogP) is 2.35. The molecule has 1 saturated heterocycles. The van der Waals surface area contributed by atoms with Gasteiger partial charge in [0.1, 0.15) is 5.75 Å². The second-order valence-corrected chi connectivity index (χ2v) is 6.93. The first-order chi connectivity index (χ1) is 11.5. The van der Waals surface area contributed by atoms with Gasteiger partial charge in [0.2, 0.25) is 0 Å². The Labute approximate surface area is 143 Å². The van der Waals surface area contributed by atoms with Crippen molar-refractivity contribution in [2.45, 2.75) is 51.7 Å². The fourth-order valence-corrected chi connectivity index (χ4v) is 4.09. The Bertz CT molecular complexity index is 605. The molecule has 1 amide bonds. The number of aryl methyl sites for hydroxylation is 1. The Balaban J connectivity index is 1.67. The summed E-state index contributed by atoms with van der Waals surface area (Å²) in [5.74, 6) is -0.0812. The van der Waals surface area contributed by atoms with Crippen LogP contribution in [0.4, 0.5) is 0 Å². The molecule has 1 saturated carbocycles. The highest BCUT2D eigenvalue weighted by Crippen LogP contribution is 2.51. The van der Waals surface area contributed by atoms with Crippen LogP contribution >= 0.6 is 0 Å². The van der Waals surface area contributed by atoms with Gasteiger partial charge in [-0.15, -0.1) is 0 Å². The maximum Gasteiger partial charge on any atom is 0.257 e. The van der Waals surface area contributed by atoms with Gasteiger partial charge in [0, 0.05) is 31.5 Å². The van der Waals surface area contributed by atoms with Crippen LogP contribution in [0.2, 0.25) is 0 Å². The predicted molar refractivity (Wildman–Crippen MR) is 91.1 cm³/mol. The number of phenolic OH excluding ortho intramolecular Hbond substituents is 1. The van der Waals surface area contributed by atoms with Crippen LogP contribution in [0.3, 0.4) is 0 Å². The summed E-state index contributed by atoms with van der Waals surface area (Å²) < 4.78 is 5.76. The molecule has 1 aliphatic heterocycles. The molecular weight excluding hydrogens is 306 g/mol. The Morgan fingerprint density at radius 1 is 1.33 bits per heavy atom. The number of aliphatic hydroxyl groups excluding tert-OH is 1. The van der Waals surface area contributed by atoms with Gasteiger partial charge in [-0.2, -0.15) is 0 Å². The Morgan fingerprint density at radius 3 is 2.58 bits per heavy atom. The molecule has 1 aromatic rings. The molecule has 0 aromatic heterocycles. The average molecular weight is 333 g/mol. The maximum absolute atomic E-state index is 12.7. The van der Waals surface area contributed by atoms with Crippen LogP contribution < -0.4 is 0 Å². The first-order valence-corrected chi connectivity index (χ1v) is 8.92. The molecule has 132 valence electrons. The Kier molecular flexibility index (Phi) is 4.83. The van der Waals surface area contributed by atoms with Crippen molar-refractivity contribution in [1.82, 2.24) is 4.90 Å². The molecule has 5 nitrogen and oxygen atoms in total. The van der Waals surface area contributed by atoms with Gasteiger partial charge in [-0.1, -0.05) is 13.0 Å². The lowest BCUT2D eigenvalue weighted by Crippen LogP contribution is -2.62. The Hall–Kier alpha value is -1.59. The molecule has 1 heterocycles. The number of likely N-dealkylation sites (tertiary alicyclic amines) is 1. The topological polar surface area (TPSA) is 70.0 Å². The number of carbonyl (C=O) groups is 1. The quantitative estimate of drug-likeness (QED) is 0.887. The monoisotopic (exact) mass is 333 g/mol. The number of carbonyl (C=O) groups excluding carboxylic acids is 1. The first kappa shape index (κ1) is 17.2. The van der Waals surface area contributed by atoms with Crippen LogP contribution in [0.5, 0.6) is 5.75 Å². The fraction of sp³-hybridized carbons (Fsp3) is 0.632. The average Bonchev–Trinajstić information content (AvgIpc) is 2.61. The molecule has 2 atom stereocenters. The van der Waals surface area contributed by atoms with Crippen LogP contribution in [0.1, 0.15) is 49.0 Å². The number of nitrogens with zero attached hydrogens (tertiary/aromatic N) is 1. The number of aromatic hydroxyl groups is 1. The van der Waals surface area contributed by atoms with Crippen molar-refractivity contribution >= 4 is 5.91 Å². The standard InChI is InChI=1S/C19H27NO4/c1-3-13-5-6-14(15(21)11-13)18(23)20-9-7-19(8-10-20)16(22)12-17(19)24-4-2/h5-6,11,16-17,21-22H,3-4,7-10,12H2,1-2H3/t16-,17+/m0/s1. The van der Waals surface area contributed by atoms with E-state index in [1.165, 1.54) is 0 Å². The molecule has 1 aliphatic carbocycles. The van der Waals surface area contributed by atoms with E-state index in [1.54, 1.807) is 17.0 Å². The number of phenols is 1. The highest BCUT2D eigenvalue weighted by molar-refractivity contribution is 5.97. The number of piperidine rings is 1. The van der Waals surface area contributed by atoms with E-state index in [-0.39, 0.29) is 29.3 Å². The Morgan fingerprint density at radius 2 is 2.04 bits per heavy atom. The summed E-state index contributed by atoms with van der Waals surface area (Å²) in [7, 11) is 0. The molecule has 3 rings (SSSR count). The van der Waals surface area contributed by atoms with E-state index in [0.29, 0.717) is 31.7 Å². The van der Waals surface area contributed by atoms with Crippen LogP contribution in [0, 0.1) is 5.41 Å². The van der Waals surface area contributed by atoms with Crippen molar-refractivity contribution in [3.05, 3.63) is 29.3 Å². The summed E-state index contributed by atoms with van der Waals surface area (Å²) in [6.07, 6.45) is 2.79. The third-order valence-electron chi connectivity index (χ3n) is 5.79. The van der Waals surface area contributed by atoms with E-state index in [1.807, 2.05) is 19.9 Å². The zero-order valence-electron chi connectivity index (χ0n) is 14.5. The normalized spacial score (nSPS) is 25.5. The van der Waals surface area contributed by atoms with E-state index >= 15 is 0 Å². The summed E-state index contributed by atoms with van der Waals surface area (Å²) in [5.41, 5.74) is 1.18. The second kappa shape index (κ2) is 6.73. The largest absolute Gasteiger partial charge is 0.507 e. The van der Waals surface area contributed by atoms with Gasteiger partial charge < -0.3 is 19.8 Å². The molecule has 1 spiro atoms. The molecule has 2 N–H and O–H groups in total. The molecule has 2 fully saturated rings. The third kappa shape index (κ3) is 2.80. The third-order valence-corrected chi connectivity index (χ3v) is 5.79. The minimum atomic E-state index is -0.330. The van der Waals surface area contributed by atoms with Crippen molar-refractivity contribution in [2.24, 2.45) is 5.41 Å². The van der Waals surface area contributed by atoms with E-state index < -0.39 is 0 Å². The van der Waals surface area contributed by atoms with Crippen LogP contribution in [-0.4, -0.2) is 52.9 Å². The first-order valence-electron chi connectivity index (χ1n) is 8.92. The minimum absolute atomic E-state index is 0.0514. The summed E-state index contributed by atoms with van der Waals surface area (Å²) in [6, 6.07) is 5.26. The molecule has 5 heteroatoms. The SMILES string of the molecule is CCO[C@@H]1C[C@H](O)C12CCN(C(=O)c1ccc(CC)cc1O)CC2. The number of rotatable bonds is 4. The highest BCUT2D eigenvalue weighted by Gasteiger charge is 2.56. The highest BCUT2D eigenvalue weighted by atomic mass is 16.5. The zero-order valence-corrected chi connectivity index (χ0v) is 14.5. The van der Waals surface area contributed by atoms with Crippen LogP contribution in [0.25, 0.3) is 0 Å². The van der Waals surface area contributed by atoms with Crippen LogP contribution in [0.15, 0.2) is 18.2 Å². The van der Waals surface area contributed by atoms with Crippen molar-refractivity contribution in [1.29, 1.82) is 0 Å². The fourth-order valence-electron chi connectivity index (χ4n) is 4.09. The van der Waals surface area contributed by atoms with Gasteiger partial charge in [0.15, 0.2) is 0 Å². The van der Waals surface area contributed by atoms with Crippen molar-refractivity contribution in [3.63, 3.8) is 0 Å². The van der Waals surface area contributed by atoms with Crippen molar-refractivity contribution in [3.8, 4) is 5.75 Å². The van der Waals surface area contributed by atoms with Crippen molar-refractivity contribution < 1.29 is 19.7 Å². The lowest BCUT2D eigenvalue weighted by Gasteiger charge is -2.56. The number of benzene rings is 1. The lowest BCUT2D eigenvalue weighted by molar-refractivity contribution is -0.207. The molecule has 0 radical (unpaired) electrons. The van der Waals surface area contributed by atoms with Crippen molar-refractivity contribution in [2.75, 3.05) is 19.7 Å². The smallest absolute Gasteiger partial charge is 0.257 e.